The van der Waals surface area contributed by atoms with E-state index < -0.39 is 5.97 Å². The molecule has 4 aromatic rings. The number of fused-ring (bicyclic) bond motifs is 1. The standard InChI is InChI=1S/C37H43ClN2O3/c1-2-3-4-5-6-7-8-9-10-11-12-15-28-42-32-24-18-29(19-25-32)37(41)43-36-27-26-35(33-16-13-14-17-34(33)36)40-39-31-22-20-30(38)21-23-31/h13-14,16-27H,2-12,15,28H2,1H3. The summed E-state index contributed by atoms with van der Waals surface area (Å²) in [5.41, 5.74) is 1.85. The predicted octanol–water partition coefficient (Wildman–Crippen LogP) is 12.2. The van der Waals surface area contributed by atoms with Crippen LogP contribution in [0.2, 0.25) is 5.02 Å². The summed E-state index contributed by atoms with van der Waals surface area (Å²) >= 11 is 5.96. The van der Waals surface area contributed by atoms with Crippen LogP contribution in [-0.2, 0) is 0 Å². The maximum absolute atomic E-state index is 13.0. The van der Waals surface area contributed by atoms with Crippen LogP contribution in [0.4, 0.5) is 11.4 Å². The number of benzene rings is 4. The summed E-state index contributed by atoms with van der Waals surface area (Å²) in [5, 5.41) is 11.0. The number of ether oxygens (including phenoxy) is 2. The fourth-order valence-electron chi connectivity index (χ4n) is 5.03. The van der Waals surface area contributed by atoms with Crippen LogP contribution in [0.5, 0.6) is 11.5 Å². The molecule has 0 radical (unpaired) electrons. The number of halogens is 1. The SMILES string of the molecule is CCCCCCCCCCCCCCOc1ccc(C(=O)Oc2ccc(N=Nc3ccc(Cl)cc3)c3ccccc23)cc1. The zero-order valence-corrected chi connectivity index (χ0v) is 26.0. The van der Waals surface area contributed by atoms with Gasteiger partial charge in [-0.05, 0) is 67.1 Å². The van der Waals surface area contributed by atoms with E-state index >= 15 is 0 Å². The summed E-state index contributed by atoms with van der Waals surface area (Å²) in [4.78, 5) is 13.0. The van der Waals surface area contributed by atoms with Crippen molar-refractivity contribution in [3.63, 3.8) is 0 Å². The van der Waals surface area contributed by atoms with Crippen LogP contribution < -0.4 is 9.47 Å². The smallest absolute Gasteiger partial charge is 0.343 e. The predicted molar refractivity (Wildman–Crippen MR) is 178 cm³/mol. The highest BCUT2D eigenvalue weighted by Gasteiger charge is 2.13. The largest absolute Gasteiger partial charge is 0.494 e. The first kappa shape index (κ1) is 32.2. The Bertz CT molecular complexity index is 1430. The van der Waals surface area contributed by atoms with Gasteiger partial charge in [-0.25, -0.2) is 4.79 Å². The van der Waals surface area contributed by atoms with Crippen LogP contribution in [0.1, 0.15) is 94.3 Å². The van der Waals surface area contributed by atoms with E-state index in [1.165, 1.54) is 70.6 Å². The molecule has 0 spiro atoms. The zero-order chi connectivity index (χ0) is 30.1. The van der Waals surface area contributed by atoms with E-state index in [1.54, 1.807) is 48.5 Å². The highest BCUT2D eigenvalue weighted by molar-refractivity contribution is 6.30. The van der Waals surface area contributed by atoms with Gasteiger partial charge in [-0.1, -0.05) is 113 Å². The van der Waals surface area contributed by atoms with Crippen LogP contribution in [0, 0.1) is 0 Å². The molecule has 0 aliphatic heterocycles. The highest BCUT2D eigenvalue weighted by Crippen LogP contribution is 2.34. The van der Waals surface area contributed by atoms with Gasteiger partial charge in [0.25, 0.3) is 0 Å². The monoisotopic (exact) mass is 598 g/mol. The Morgan fingerprint density at radius 3 is 1.91 bits per heavy atom. The molecule has 226 valence electrons. The molecule has 0 amide bonds. The Balaban J connectivity index is 1.20. The van der Waals surface area contributed by atoms with Gasteiger partial charge in [-0.15, -0.1) is 5.11 Å². The molecule has 0 atom stereocenters. The Labute approximate surface area is 261 Å². The topological polar surface area (TPSA) is 60.2 Å². The molecule has 0 aromatic heterocycles. The maximum atomic E-state index is 13.0. The number of hydrogen-bond donors (Lipinski definition) is 0. The van der Waals surface area contributed by atoms with Crippen molar-refractivity contribution in [2.45, 2.75) is 84.0 Å². The van der Waals surface area contributed by atoms with Gasteiger partial charge in [0.05, 0.1) is 23.5 Å². The third kappa shape index (κ3) is 10.8. The van der Waals surface area contributed by atoms with E-state index in [0.717, 1.165) is 22.9 Å². The second-order valence-corrected chi connectivity index (χ2v) is 11.4. The van der Waals surface area contributed by atoms with Crippen molar-refractivity contribution in [3.05, 3.63) is 95.5 Å². The fourth-order valence-corrected chi connectivity index (χ4v) is 5.16. The minimum absolute atomic E-state index is 0.423. The number of azo groups is 1. The second-order valence-electron chi connectivity index (χ2n) is 11.0. The summed E-state index contributed by atoms with van der Waals surface area (Å²) in [6.07, 6.45) is 15.8. The van der Waals surface area contributed by atoms with E-state index in [2.05, 4.69) is 17.2 Å². The molecule has 0 saturated heterocycles. The normalized spacial score (nSPS) is 11.3. The average Bonchev–Trinajstić information content (AvgIpc) is 3.04. The minimum Gasteiger partial charge on any atom is -0.494 e. The Hall–Kier alpha value is -3.70. The molecular formula is C37H43ClN2O3. The zero-order valence-electron chi connectivity index (χ0n) is 25.3. The highest BCUT2D eigenvalue weighted by atomic mass is 35.5. The first-order valence-corrected chi connectivity index (χ1v) is 16.2. The lowest BCUT2D eigenvalue weighted by Crippen LogP contribution is -2.08. The van der Waals surface area contributed by atoms with Gasteiger partial charge in [-0.2, -0.15) is 5.11 Å². The molecule has 6 heteroatoms. The van der Waals surface area contributed by atoms with Gasteiger partial charge in [-0.3, -0.25) is 0 Å². The van der Waals surface area contributed by atoms with Crippen molar-refractivity contribution in [2.75, 3.05) is 6.61 Å². The van der Waals surface area contributed by atoms with Crippen molar-refractivity contribution in [1.82, 2.24) is 0 Å². The summed E-state index contributed by atoms with van der Waals surface area (Å²) in [5.74, 6) is 0.812. The van der Waals surface area contributed by atoms with E-state index in [-0.39, 0.29) is 0 Å². The van der Waals surface area contributed by atoms with Gasteiger partial charge < -0.3 is 9.47 Å². The van der Waals surface area contributed by atoms with Crippen molar-refractivity contribution in [1.29, 1.82) is 0 Å². The molecule has 43 heavy (non-hydrogen) atoms. The maximum Gasteiger partial charge on any atom is 0.343 e. The van der Waals surface area contributed by atoms with Crippen LogP contribution in [0.3, 0.4) is 0 Å². The van der Waals surface area contributed by atoms with E-state index in [0.29, 0.717) is 34.3 Å². The molecular weight excluding hydrogens is 556 g/mol. The Kier molecular flexibility index (Phi) is 13.5. The summed E-state index contributed by atoms with van der Waals surface area (Å²) < 4.78 is 11.7. The summed E-state index contributed by atoms with van der Waals surface area (Å²) in [6.45, 7) is 2.96. The molecule has 4 rings (SSSR count). The molecule has 4 aromatic carbocycles. The second kappa shape index (κ2) is 18.1. The molecule has 0 fully saturated rings. The van der Waals surface area contributed by atoms with Gasteiger partial charge in [0.15, 0.2) is 0 Å². The third-order valence-corrected chi connectivity index (χ3v) is 7.77. The number of hydrogen-bond acceptors (Lipinski definition) is 5. The van der Waals surface area contributed by atoms with Crippen molar-refractivity contribution in [3.8, 4) is 11.5 Å². The van der Waals surface area contributed by atoms with E-state index in [4.69, 9.17) is 21.1 Å². The first-order chi connectivity index (χ1) is 21.1. The number of rotatable bonds is 18. The van der Waals surface area contributed by atoms with Crippen molar-refractivity contribution in [2.24, 2.45) is 10.2 Å². The van der Waals surface area contributed by atoms with Crippen LogP contribution >= 0.6 is 11.6 Å². The summed E-state index contributed by atoms with van der Waals surface area (Å²) in [6, 6.07) is 25.5. The van der Waals surface area contributed by atoms with Gasteiger partial charge in [0.2, 0.25) is 0 Å². The molecule has 0 saturated carbocycles. The number of carbonyl (C=O) groups excluding carboxylic acids is 1. The molecule has 5 nitrogen and oxygen atoms in total. The van der Waals surface area contributed by atoms with Crippen LogP contribution in [-0.4, -0.2) is 12.6 Å². The number of nitrogens with zero attached hydrogens (tertiary/aromatic N) is 2. The number of unbranched alkanes of at least 4 members (excludes halogenated alkanes) is 11. The van der Waals surface area contributed by atoms with Crippen LogP contribution in [0.15, 0.2) is 95.2 Å². The van der Waals surface area contributed by atoms with Gasteiger partial charge in [0, 0.05) is 15.8 Å². The fraction of sp³-hybridized carbons (Fsp3) is 0.378. The van der Waals surface area contributed by atoms with Crippen molar-refractivity contribution < 1.29 is 14.3 Å². The lowest BCUT2D eigenvalue weighted by molar-refractivity contribution is 0.0737. The third-order valence-electron chi connectivity index (χ3n) is 7.52. The molecule has 0 heterocycles. The molecule has 0 aliphatic rings. The number of carbonyl (C=O) groups is 1. The average molecular weight is 599 g/mol. The van der Waals surface area contributed by atoms with Gasteiger partial charge in [0.1, 0.15) is 11.5 Å². The molecule has 0 bridgehead atoms. The van der Waals surface area contributed by atoms with E-state index in [9.17, 15) is 4.79 Å². The quantitative estimate of drug-likeness (QED) is 0.0495. The minimum atomic E-state index is -0.423. The molecule has 0 N–H and O–H groups in total. The lowest BCUT2D eigenvalue weighted by Gasteiger charge is -2.10. The lowest BCUT2D eigenvalue weighted by atomic mass is 10.1. The summed E-state index contributed by atoms with van der Waals surface area (Å²) in [7, 11) is 0. The van der Waals surface area contributed by atoms with Crippen molar-refractivity contribution >= 4 is 39.7 Å². The Morgan fingerprint density at radius 1 is 0.651 bits per heavy atom. The van der Waals surface area contributed by atoms with E-state index in [1.807, 2.05) is 36.4 Å². The molecule has 0 unspecified atom stereocenters. The van der Waals surface area contributed by atoms with Gasteiger partial charge >= 0.3 is 5.97 Å². The Morgan fingerprint density at radius 2 is 1.26 bits per heavy atom. The number of esters is 1. The molecule has 0 aliphatic carbocycles. The van der Waals surface area contributed by atoms with Crippen LogP contribution in [0.25, 0.3) is 10.8 Å². The first-order valence-electron chi connectivity index (χ1n) is 15.8.